The number of carbonyl (C=O) groups excluding carboxylic acids is 1. The van der Waals surface area contributed by atoms with E-state index in [1.807, 2.05) is 18.2 Å². The van der Waals surface area contributed by atoms with Gasteiger partial charge in [-0.25, -0.2) is 10.8 Å². The van der Waals surface area contributed by atoms with Crippen molar-refractivity contribution in [1.29, 1.82) is 0 Å². The van der Waals surface area contributed by atoms with Gasteiger partial charge in [-0.05, 0) is 12.1 Å². The molecule has 1 aromatic rings. The van der Waals surface area contributed by atoms with E-state index in [4.69, 9.17) is 5.84 Å². The molecule has 1 rings (SSSR count). The molecule has 4 nitrogen and oxygen atoms in total. The SMILES string of the molecule is NNC(=O)CCSc1ccccn1. The summed E-state index contributed by atoms with van der Waals surface area (Å²) in [5, 5.41) is 0.923. The number of hydrogen-bond donors (Lipinski definition) is 2. The lowest BCUT2D eigenvalue weighted by Gasteiger charge is -1.99. The lowest BCUT2D eigenvalue weighted by Crippen LogP contribution is -2.30. The first kappa shape index (κ1) is 10.0. The maximum Gasteiger partial charge on any atom is 0.234 e. The Morgan fingerprint density at radius 2 is 2.46 bits per heavy atom. The summed E-state index contributed by atoms with van der Waals surface area (Å²) in [4.78, 5) is 14.8. The highest BCUT2D eigenvalue weighted by Crippen LogP contribution is 2.14. The number of hydrazine groups is 1. The molecule has 1 aromatic heterocycles. The topological polar surface area (TPSA) is 68.0 Å². The van der Waals surface area contributed by atoms with Crippen LogP contribution in [0.3, 0.4) is 0 Å². The van der Waals surface area contributed by atoms with Crippen LogP contribution < -0.4 is 11.3 Å². The lowest BCUT2D eigenvalue weighted by atomic mass is 10.5. The number of nitrogens with one attached hydrogen (secondary N) is 1. The summed E-state index contributed by atoms with van der Waals surface area (Å²) in [6.07, 6.45) is 2.14. The molecule has 5 heteroatoms. The van der Waals surface area contributed by atoms with Crippen molar-refractivity contribution in [3.63, 3.8) is 0 Å². The number of rotatable bonds is 4. The van der Waals surface area contributed by atoms with Gasteiger partial charge in [0.2, 0.25) is 5.91 Å². The third-order valence-corrected chi connectivity index (χ3v) is 2.32. The summed E-state index contributed by atoms with van der Waals surface area (Å²) in [6, 6.07) is 5.68. The quantitative estimate of drug-likeness (QED) is 0.320. The van der Waals surface area contributed by atoms with E-state index in [1.165, 1.54) is 11.8 Å². The van der Waals surface area contributed by atoms with E-state index in [1.54, 1.807) is 6.20 Å². The number of nitrogens with zero attached hydrogens (tertiary/aromatic N) is 1. The Hall–Kier alpha value is -1.07. The summed E-state index contributed by atoms with van der Waals surface area (Å²) in [7, 11) is 0. The van der Waals surface area contributed by atoms with E-state index in [9.17, 15) is 4.79 Å². The van der Waals surface area contributed by atoms with Crippen LogP contribution in [0.25, 0.3) is 0 Å². The lowest BCUT2D eigenvalue weighted by molar-refractivity contribution is -0.120. The molecule has 13 heavy (non-hydrogen) atoms. The van der Waals surface area contributed by atoms with Crippen LogP contribution in [0.1, 0.15) is 6.42 Å². The molecular formula is C8H11N3OS. The second-order valence-corrected chi connectivity index (χ2v) is 3.45. The molecule has 70 valence electrons. The first-order valence-corrected chi connectivity index (χ1v) is 4.85. The molecule has 0 spiro atoms. The van der Waals surface area contributed by atoms with Gasteiger partial charge in [-0.3, -0.25) is 10.2 Å². The number of hydrogen-bond acceptors (Lipinski definition) is 4. The Balaban J connectivity index is 2.24. The number of amides is 1. The minimum Gasteiger partial charge on any atom is -0.294 e. The maximum absolute atomic E-state index is 10.7. The number of carbonyl (C=O) groups is 1. The van der Waals surface area contributed by atoms with Gasteiger partial charge in [-0.15, -0.1) is 11.8 Å². The van der Waals surface area contributed by atoms with Crippen molar-refractivity contribution in [2.24, 2.45) is 5.84 Å². The Labute approximate surface area is 80.9 Å². The zero-order valence-corrected chi connectivity index (χ0v) is 7.88. The average Bonchev–Trinajstić information content (AvgIpc) is 2.19. The van der Waals surface area contributed by atoms with Crippen molar-refractivity contribution in [3.05, 3.63) is 24.4 Å². The largest absolute Gasteiger partial charge is 0.294 e. The molecule has 0 aliphatic carbocycles. The average molecular weight is 197 g/mol. The summed E-state index contributed by atoms with van der Waals surface area (Å²) in [5.41, 5.74) is 2.08. The Morgan fingerprint density at radius 1 is 1.62 bits per heavy atom. The first-order valence-electron chi connectivity index (χ1n) is 3.86. The summed E-state index contributed by atoms with van der Waals surface area (Å²) >= 11 is 1.54. The molecule has 0 bridgehead atoms. The fourth-order valence-corrected chi connectivity index (χ4v) is 1.56. The Morgan fingerprint density at radius 3 is 3.08 bits per heavy atom. The Bertz CT molecular complexity index is 265. The van der Waals surface area contributed by atoms with Crippen LogP contribution in [0.5, 0.6) is 0 Å². The maximum atomic E-state index is 10.7. The second-order valence-electron chi connectivity index (χ2n) is 2.33. The molecule has 0 aliphatic rings. The van der Waals surface area contributed by atoms with Crippen molar-refractivity contribution >= 4 is 17.7 Å². The zero-order chi connectivity index (χ0) is 9.52. The van der Waals surface area contributed by atoms with E-state index in [0.717, 1.165) is 5.03 Å². The van der Waals surface area contributed by atoms with Gasteiger partial charge in [0.1, 0.15) is 0 Å². The molecule has 0 radical (unpaired) electrons. The molecule has 0 aliphatic heterocycles. The monoisotopic (exact) mass is 197 g/mol. The molecule has 0 unspecified atom stereocenters. The second kappa shape index (κ2) is 5.55. The van der Waals surface area contributed by atoms with Crippen LogP contribution in [0.15, 0.2) is 29.4 Å². The third kappa shape index (κ3) is 3.91. The normalized spacial score (nSPS) is 9.62. The number of thioether (sulfide) groups is 1. The highest BCUT2D eigenvalue weighted by atomic mass is 32.2. The molecule has 1 amide bonds. The van der Waals surface area contributed by atoms with Gasteiger partial charge < -0.3 is 0 Å². The predicted octanol–water partition coefficient (Wildman–Crippen LogP) is 0.554. The molecule has 3 N–H and O–H groups in total. The Kier molecular flexibility index (Phi) is 4.28. The van der Waals surface area contributed by atoms with Gasteiger partial charge in [0, 0.05) is 18.4 Å². The highest BCUT2D eigenvalue weighted by molar-refractivity contribution is 7.99. The van der Waals surface area contributed by atoms with Crippen molar-refractivity contribution in [3.8, 4) is 0 Å². The molecule has 1 heterocycles. The molecule has 0 atom stereocenters. The number of aromatic nitrogens is 1. The van der Waals surface area contributed by atoms with Gasteiger partial charge in [-0.1, -0.05) is 6.07 Å². The molecule has 0 fully saturated rings. The summed E-state index contributed by atoms with van der Waals surface area (Å²) in [5.74, 6) is 5.47. The molecular weight excluding hydrogens is 186 g/mol. The zero-order valence-electron chi connectivity index (χ0n) is 7.06. The summed E-state index contributed by atoms with van der Waals surface area (Å²) in [6.45, 7) is 0. The van der Waals surface area contributed by atoms with Crippen molar-refractivity contribution in [1.82, 2.24) is 10.4 Å². The third-order valence-electron chi connectivity index (χ3n) is 1.38. The fourth-order valence-electron chi connectivity index (χ4n) is 0.753. The van der Waals surface area contributed by atoms with Crippen LogP contribution in [0, 0.1) is 0 Å². The number of pyridine rings is 1. The van der Waals surface area contributed by atoms with E-state index in [2.05, 4.69) is 10.4 Å². The van der Waals surface area contributed by atoms with E-state index >= 15 is 0 Å². The van der Waals surface area contributed by atoms with Crippen LogP contribution >= 0.6 is 11.8 Å². The number of nitrogens with two attached hydrogens (primary N) is 1. The van der Waals surface area contributed by atoms with E-state index in [0.29, 0.717) is 12.2 Å². The van der Waals surface area contributed by atoms with E-state index in [-0.39, 0.29) is 5.91 Å². The van der Waals surface area contributed by atoms with Gasteiger partial charge in [-0.2, -0.15) is 0 Å². The fraction of sp³-hybridized carbons (Fsp3) is 0.250. The van der Waals surface area contributed by atoms with Crippen molar-refractivity contribution in [2.75, 3.05) is 5.75 Å². The van der Waals surface area contributed by atoms with Crippen molar-refractivity contribution < 1.29 is 4.79 Å². The van der Waals surface area contributed by atoms with Crippen LogP contribution in [0.2, 0.25) is 0 Å². The first-order chi connectivity index (χ1) is 6.33. The van der Waals surface area contributed by atoms with Gasteiger partial charge in [0.25, 0.3) is 0 Å². The van der Waals surface area contributed by atoms with E-state index < -0.39 is 0 Å². The molecule has 0 saturated heterocycles. The van der Waals surface area contributed by atoms with Gasteiger partial charge in [0.15, 0.2) is 0 Å². The molecule has 0 saturated carbocycles. The smallest absolute Gasteiger partial charge is 0.234 e. The van der Waals surface area contributed by atoms with Crippen molar-refractivity contribution in [2.45, 2.75) is 11.4 Å². The van der Waals surface area contributed by atoms with Gasteiger partial charge in [0.05, 0.1) is 5.03 Å². The standard InChI is InChI=1S/C8H11N3OS/c9-11-7(12)4-6-13-8-3-1-2-5-10-8/h1-3,5H,4,6,9H2,(H,11,12). The van der Waals surface area contributed by atoms with Gasteiger partial charge >= 0.3 is 0 Å². The minimum absolute atomic E-state index is 0.150. The van der Waals surface area contributed by atoms with Crippen LogP contribution in [-0.4, -0.2) is 16.6 Å². The minimum atomic E-state index is -0.150. The van der Waals surface area contributed by atoms with Crippen LogP contribution in [-0.2, 0) is 4.79 Å². The predicted molar refractivity (Wildman–Crippen MR) is 51.9 cm³/mol. The van der Waals surface area contributed by atoms with Crippen LogP contribution in [0.4, 0.5) is 0 Å². The highest BCUT2D eigenvalue weighted by Gasteiger charge is 1.99. The summed E-state index contributed by atoms with van der Waals surface area (Å²) < 4.78 is 0. The molecule has 0 aromatic carbocycles.